The number of nitrogens with zero attached hydrogens (tertiary/aromatic N) is 1. The highest BCUT2D eigenvalue weighted by Gasteiger charge is 2.15. The van der Waals surface area contributed by atoms with Crippen LogP contribution in [0.1, 0.15) is 26.4 Å². The second kappa shape index (κ2) is 8.18. The van der Waals surface area contributed by atoms with Crippen molar-refractivity contribution in [3.05, 3.63) is 70.0 Å². The van der Waals surface area contributed by atoms with Crippen molar-refractivity contribution in [3.8, 4) is 11.5 Å². The fourth-order valence-electron chi connectivity index (χ4n) is 2.68. The first-order valence-corrected chi connectivity index (χ1v) is 9.05. The molecule has 1 N–H and O–H groups in total. The van der Waals surface area contributed by atoms with Crippen molar-refractivity contribution in [1.29, 1.82) is 0 Å². The summed E-state index contributed by atoms with van der Waals surface area (Å²) >= 11 is 1.35. The van der Waals surface area contributed by atoms with E-state index in [4.69, 9.17) is 9.47 Å². The topological polar surface area (TPSA) is 60.5 Å². The Morgan fingerprint density at radius 3 is 2.52 bits per heavy atom. The van der Waals surface area contributed by atoms with Crippen LogP contribution in [0.4, 0.5) is 9.52 Å². The number of carbonyl (C=O) groups is 1. The molecule has 0 aliphatic carbocycles. The lowest BCUT2D eigenvalue weighted by atomic mass is 10.1. The predicted molar refractivity (Wildman–Crippen MR) is 104 cm³/mol. The summed E-state index contributed by atoms with van der Waals surface area (Å²) in [6.45, 7) is 1.86. The molecule has 0 atom stereocenters. The molecule has 0 unspecified atom stereocenters. The summed E-state index contributed by atoms with van der Waals surface area (Å²) in [5, 5.41) is 3.26. The van der Waals surface area contributed by atoms with E-state index < -0.39 is 0 Å². The number of hydrogen-bond acceptors (Lipinski definition) is 5. The predicted octanol–water partition coefficient (Wildman–Crippen LogP) is 4.45. The van der Waals surface area contributed by atoms with E-state index in [1.807, 2.05) is 13.0 Å². The number of thiazole rings is 1. The fourth-order valence-corrected chi connectivity index (χ4v) is 3.52. The monoisotopic (exact) mass is 386 g/mol. The number of anilines is 1. The lowest BCUT2D eigenvalue weighted by molar-refractivity contribution is 0.102. The van der Waals surface area contributed by atoms with Gasteiger partial charge in [-0.15, -0.1) is 11.3 Å². The summed E-state index contributed by atoms with van der Waals surface area (Å²) in [7, 11) is 3.09. The quantitative estimate of drug-likeness (QED) is 0.680. The first kappa shape index (κ1) is 18.8. The van der Waals surface area contributed by atoms with Gasteiger partial charge < -0.3 is 9.47 Å². The molecule has 0 saturated carbocycles. The van der Waals surface area contributed by atoms with Crippen molar-refractivity contribution >= 4 is 22.4 Å². The molecule has 5 nitrogen and oxygen atoms in total. The van der Waals surface area contributed by atoms with Crippen molar-refractivity contribution in [2.24, 2.45) is 0 Å². The number of ether oxygens (including phenoxy) is 2. The van der Waals surface area contributed by atoms with Crippen LogP contribution in [0.15, 0.2) is 42.6 Å². The first-order chi connectivity index (χ1) is 13.0. The molecule has 0 radical (unpaired) electrons. The van der Waals surface area contributed by atoms with Crippen molar-refractivity contribution in [2.45, 2.75) is 13.3 Å². The Hall–Kier alpha value is -2.93. The molecule has 0 bridgehead atoms. The van der Waals surface area contributed by atoms with Gasteiger partial charge >= 0.3 is 0 Å². The smallest absolute Gasteiger partial charge is 0.257 e. The number of carbonyl (C=O) groups excluding carboxylic acids is 1. The van der Waals surface area contributed by atoms with Crippen LogP contribution in [0.2, 0.25) is 0 Å². The zero-order valence-electron chi connectivity index (χ0n) is 15.2. The lowest BCUT2D eigenvalue weighted by Gasteiger charge is -2.12. The van der Waals surface area contributed by atoms with E-state index in [0.29, 0.717) is 28.6 Å². The van der Waals surface area contributed by atoms with Gasteiger partial charge in [0.25, 0.3) is 5.91 Å². The number of amides is 1. The molecule has 2 aromatic carbocycles. The van der Waals surface area contributed by atoms with E-state index in [-0.39, 0.29) is 11.7 Å². The standard InChI is InChI=1S/C20H19FN2O3S/c1-12-17(25-2)9-14(10-18(12)26-3)19(24)23-20-22-11-16(27-20)8-13-5-4-6-15(21)7-13/h4-7,9-11H,8H2,1-3H3,(H,22,23,24). The molecule has 140 valence electrons. The van der Waals surface area contributed by atoms with Crippen molar-refractivity contribution in [1.82, 2.24) is 4.98 Å². The van der Waals surface area contributed by atoms with E-state index in [1.165, 1.54) is 23.5 Å². The summed E-state index contributed by atoms with van der Waals surface area (Å²) < 4.78 is 23.9. The van der Waals surface area contributed by atoms with Crippen molar-refractivity contribution in [3.63, 3.8) is 0 Å². The van der Waals surface area contributed by atoms with Crippen LogP contribution in [0.3, 0.4) is 0 Å². The highest BCUT2D eigenvalue weighted by Crippen LogP contribution is 2.30. The fraction of sp³-hybridized carbons (Fsp3) is 0.200. The normalized spacial score (nSPS) is 10.5. The molecule has 1 aromatic heterocycles. The Balaban J connectivity index is 1.74. The summed E-state index contributed by atoms with van der Waals surface area (Å²) in [6.07, 6.45) is 2.24. The van der Waals surface area contributed by atoms with Gasteiger partial charge in [0, 0.05) is 28.6 Å². The number of benzene rings is 2. The number of methoxy groups -OCH3 is 2. The van der Waals surface area contributed by atoms with E-state index >= 15 is 0 Å². The minimum absolute atomic E-state index is 0.271. The summed E-state index contributed by atoms with van der Waals surface area (Å²) in [6, 6.07) is 9.75. The number of aromatic nitrogens is 1. The minimum atomic E-state index is -0.307. The molecular weight excluding hydrogens is 367 g/mol. The van der Waals surface area contributed by atoms with E-state index in [0.717, 1.165) is 16.0 Å². The minimum Gasteiger partial charge on any atom is -0.496 e. The number of nitrogens with one attached hydrogen (secondary N) is 1. The second-order valence-corrected chi connectivity index (χ2v) is 7.01. The van der Waals surface area contributed by atoms with Crippen LogP contribution in [-0.2, 0) is 6.42 Å². The van der Waals surface area contributed by atoms with Gasteiger partial charge in [-0.25, -0.2) is 9.37 Å². The molecule has 1 amide bonds. The second-order valence-electron chi connectivity index (χ2n) is 5.90. The van der Waals surface area contributed by atoms with Gasteiger partial charge in [-0.3, -0.25) is 10.1 Å². The Morgan fingerprint density at radius 2 is 1.89 bits per heavy atom. The third-order valence-corrected chi connectivity index (χ3v) is 4.97. The van der Waals surface area contributed by atoms with Gasteiger partial charge in [0.2, 0.25) is 0 Å². The average molecular weight is 386 g/mol. The van der Waals surface area contributed by atoms with Crippen LogP contribution >= 0.6 is 11.3 Å². The van der Waals surface area contributed by atoms with Gasteiger partial charge in [-0.1, -0.05) is 12.1 Å². The zero-order chi connectivity index (χ0) is 19.4. The average Bonchev–Trinajstić information content (AvgIpc) is 3.08. The van der Waals surface area contributed by atoms with Gasteiger partial charge in [0.1, 0.15) is 17.3 Å². The van der Waals surface area contributed by atoms with Gasteiger partial charge in [0.05, 0.1) is 14.2 Å². The van der Waals surface area contributed by atoms with Crippen LogP contribution in [0.5, 0.6) is 11.5 Å². The Bertz CT molecular complexity index is 946. The highest BCUT2D eigenvalue weighted by atomic mass is 32.1. The molecule has 0 aliphatic rings. The molecule has 7 heteroatoms. The molecule has 0 spiro atoms. The third kappa shape index (κ3) is 4.43. The third-order valence-electron chi connectivity index (χ3n) is 4.06. The van der Waals surface area contributed by atoms with Crippen LogP contribution < -0.4 is 14.8 Å². The first-order valence-electron chi connectivity index (χ1n) is 8.23. The molecule has 3 rings (SSSR count). The number of hydrogen-bond donors (Lipinski definition) is 1. The summed E-state index contributed by atoms with van der Waals surface area (Å²) in [5.74, 6) is 0.571. The van der Waals surface area contributed by atoms with Gasteiger partial charge in [-0.2, -0.15) is 0 Å². The lowest BCUT2D eigenvalue weighted by Crippen LogP contribution is -2.12. The Kier molecular flexibility index (Phi) is 5.71. The van der Waals surface area contributed by atoms with Gasteiger partial charge in [-0.05, 0) is 36.8 Å². The van der Waals surface area contributed by atoms with Crippen LogP contribution in [0.25, 0.3) is 0 Å². The summed E-state index contributed by atoms with van der Waals surface area (Å²) in [4.78, 5) is 17.7. The maximum absolute atomic E-state index is 13.3. The SMILES string of the molecule is COc1cc(C(=O)Nc2ncc(Cc3cccc(F)c3)s2)cc(OC)c1C. The molecular formula is C20H19FN2O3S. The van der Waals surface area contributed by atoms with Crippen LogP contribution in [0, 0.1) is 12.7 Å². The molecule has 3 aromatic rings. The maximum atomic E-state index is 13.3. The highest BCUT2D eigenvalue weighted by molar-refractivity contribution is 7.15. The molecule has 1 heterocycles. The number of rotatable bonds is 6. The molecule has 0 aliphatic heterocycles. The van der Waals surface area contributed by atoms with E-state index in [2.05, 4.69) is 10.3 Å². The van der Waals surface area contributed by atoms with Crippen molar-refractivity contribution < 1.29 is 18.7 Å². The van der Waals surface area contributed by atoms with Gasteiger partial charge in [0.15, 0.2) is 5.13 Å². The number of halogens is 1. The van der Waals surface area contributed by atoms with E-state index in [1.54, 1.807) is 38.6 Å². The zero-order valence-corrected chi connectivity index (χ0v) is 16.0. The Labute approximate surface area is 160 Å². The molecule has 0 saturated heterocycles. The molecule has 0 fully saturated rings. The van der Waals surface area contributed by atoms with Crippen LogP contribution in [-0.4, -0.2) is 25.1 Å². The van der Waals surface area contributed by atoms with Crippen molar-refractivity contribution in [2.75, 3.05) is 19.5 Å². The summed E-state index contributed by atoms with van der Waals surface area (Å²) in [5.41, 5.74) is 2.09. The maximum Gasteiger partial charge on any atom is 0.257 e. The Morgan fingerprint density at radius 1 is 1.19 bits per heavy atom. The van der Waals surface area contributed by atoms with E-state index in [9.17, 15) is 9.18 Å². The molecule has 27 heavy (non-hydrogen) atoms. The largest absolute Gasteiger partial charge is 0.496 e.